The van der Waals surface area contributed by atoms with Gasteiger partial charge in [-0.05, 0) is 12.1 Å². The Bertz CT molecular complexity index is 339. The molecule has 0 saturated heterocycles. The van der Waals surface area contributed by atoms with Gasteiger partial charge in [0.2, 0.25) is 0 Å². The highest BCUT2D eigenvalue weighted by Crippen LogP contribution is 2.34. The lowest BCUT2D eigenvalue weighted by Crippen LogP contribution is -1.80. The minimum atomic E-state index is -0.615. The lowest BCUT2D eigenvalue weighted by atomic mass is 10.2. The molecule has 0 aliphatic rings. The van der Waals surface area contributed by atoms with Crippen molar-refractivity contribution in [1.29, 1.82) is 0 Å². The lowest BCUT2D eigenvalue weighted by Gasteiger charge is -2.00. The summed E-state index contributed by atoms with van der Waals surface area (Å²) in [5, 5.41) is 32.1. The Labute approximate surface area is 72.7 Å². The van der Waals surface area contributed by atoms with Gasteiger partial charge in [0, 0.05) is 5.56 Å². The molecule has 3 N–H and O–H groups in total. The Balaban J connectivity index is 3.12. The standard InChI is InChI=1S/C7H6N2O4/c10-5-1-4(3-8-9-13)2-6(11)7(5)12/h1-3,10-12H. The van der Waals surface area contributed by atoms with Crippen molar-refractivity contribution in [3.63, 3.8) is 0 Å². The zero-order chi connectivity index (χ0) is 9.84. The summed E-state index contributed by atoms with van der Waals surface area (Å²) in [6, 6.07) is 2.26. The summed E-state index contributed by atoms with van der Waals surface area (Å²) in [6.45, 7) is 0. The molecule has 0 spiro atoms. The van der Waals surface area contributed by atoms with Gasteiger partial charge in [-0.25, -0.2) is 0 Å². The van der Waals surface area contributed by atoms with Gasteiger partial charge in [-0.1, -0.05) is 0 Å². The SMILES string of the molecule is O=NN=Cc1cc(O)c(O)c(O)c1. The molecule has 0 bridgehead atoms. The van der Waals surface area contributed by atoms with Crippen molar-refractivity contribution in [2.45, 2.75) is 0 Å². The molecule has 0 aromatic heterocycles. The van der Waals surface area contributed by atoms with Gasteiger partial charge in [-0.15, -0.1) is 10.0 Å². The zero-order valence-corrected chi connectivity index (χ0v) is 6.38. The van der Waals surface area contributed by atoms with Crippen molar-refractivity contribution in [3.05, 3.63) is 22.6 Å². The van der Waals surface area contributed by atoms with Gasteiger partial charge >= 0.3 is 0 Å². The average Bonchev–Trinajstić information content (AvgIpc) is 2.10. The van der Waals surface area contributed by atoms with Crippen molar-refractivity contribution in [3.8, 4) is 17.2 Å². The van der Waals surface area contributed by atoms with Gasteiger partial charge < -0.3 is 15.3 Å². The zero-order valence-electron chi connectivity index (χ0n) is 6.38. The van der Waals surface area contributed by atoms with Crippen LogP contribution in [0.25, 0.3) is 0 Å². The summed E-state index contributed by atoms with van der Waals surface area (Å²) in [5.41, 5.74) is 0.257. The van der Waals surface area contributed by atoms with E-state index in [1.54, 1.807) is 0 Å². The molecule has 0 fully saturated rings. The number of nitroso groups, excluding NO2 is 1. The van der Waals surface area contributed by atoms with Crippen molar-refractivity contribution < 1.29 is 15.3 Å². The maximum absolute atomic E-state index is 9.59. The maximum Gasteiger partial charge on any atom is 0.200 e. The molecule has 13 heavy (non-hydrogen) atoms. The van der Waals surface area contributed by atoms with Crippen LogP contribution in [0.4, 0.5) is 0 Å². The number of benzene rings is 1. The summed E-state index contributed by atoms with van der Waals surface area (Å²) in [5.74, 6) is -1.60. The highest BCUT2D eigenvalue weighted by atomic mass is 16.3. The van der Waals surface area contributed by atoms with E-state index in [9.17, 15) is 4.91 Å². The first kappa shape index (κ1) is 8.98. The van der Waals surface area contributed by atoms with Crippen LogP contribution in [0, 0.1) is 4.91 Å². The molecule has 0 aliphatic heterocycles. The molecule has 1 aromatic carbocycles. The predicted octanol–water partition coefficient (Wildman–Crippen LogP) is 0.904. The number of aromatic hydroxyl groups is 3. The smallest absolute Gasteiger partial charge is 0.200 e. The third-order valence-corrected chi connectivity index (χ3v) is 1.35. The van der Waals surface area contributed by atoms with E-state index in [2.05, 4.69) is 10.4 Å². The summed E-state index contributed by atoms with van der Waals surface area (Å²) in [4.78, 5) is 9.59. The first-order valence-corrected chi connectivity index (χ1v) is 3.25. The Morgan fingerprint density at radius 2 is 1.69 bits per heavy atom. The molecule has 0 heterocycles. The average molecular weight is 182 g/mol. The van der Waals surface area contributed by atoms with E-state index < -0.39 is 17.2 Å². The number of rotatable bonds is 2. The Morgan fingerprint density at radius 3 is 2.15 bits per heavy atom. The van der Waals surface area contributed by atoms with Crippen LogP contribution in [0.5, 0.6) is 17.2 Å². The fourth-order valence-electron chi connectivity index (χ4n) is 0.790. The molecular weight excluding hydrogens is 176 g/mol. The summed E-state index contributed by atoms with van der Waals surface area (Å²) >= 11 is 0. The first-order valence-electron chi connectivity index (χ1n) is 3.25. The van der Waals surface area contributed by atoms with Gasteiger partial charge in [0.15, 0.2) is 17.2 Å². The van der Waals surface area contributed by atoms with Gasteiger partial charge in [0.05, 0.1) is 11.5 Å². The lowest BCUT2D eigenvalue weighted by molar-refractivity contribution is 0.368. The molecular formula is C7H6N2O4. The first-order chi connectivity index (χ1) is 6.15. The highest BCUT2D eigenvalue weighted by molar-refractivity contribution is 5.81. The van der Waals surface area contributed by atoms with Crippen molar-refractivity contribution in [1.82, 2.24) is 0 Å². The van der Waals surface area contributed by atoms with Crippen LogP contribution < -0.4 is 0 Å². The minimum absolute atomic E-state index is 0.257. The van der Waals surface area contributed by atoms with E-state index in [4.69, 9.17) is 15.3 Å². The van der Waals surface area contributed by atoms with E-state index in [0.29, 0.717) is 0 Å². The normalized spacial score (nSPS) is 10.5. The molecule has 0 radical (unpaired) electrons. The monoisotopic (exact) mass is 182 g/mol. The maximum atomic E-state index is 9.59. The number of hydrogen-bond acceptors (Lipinski definition) is 5. The minimum Gasteiger partial charge on any atom is -0.504 e. The van der Waals surface area contributed by atoms with Gasteiger partial charge in [-0.2, -0.15) is 0 Å². The van der Waals surface area contributed by atoms with Crippen LogP contribution in [-0.4, -0.2) is 21.5 Å². The topological polar surface area (TPSA) is 102 Å². The van der Waals surface area contributed by atoms with Crippen LogP contribution in [0.15, 0.2) is 22.5 Å². The number of nitrogens with zero attached hydrogens (tertiary/aromatic N) is 2. The van der Waals surface area contributed by atoms with Gasteiger partial charge in [0.25, 0.3) is 0 Å². The fraction of sp³-hybridized carbons (Fsp3) is 0. The predicted molar refractivity (Wildman–Crippen MR) is 44.8 cm³/mol. The second-order valence-corrected chi connectivity index (χ2v) is 2.23. The molecule has 6 heteroatoms. The molecule has 0 saturated carbocycles. The largest absolute Gasteiger partial charge is 0.504 e. The Morgan fingerprint density at radius 1 is 1.15 bits per heavy atom. The Kier molecular flexibility index (Phi) is 2.44. The van der Waals surface area contributed by atoms with Crippen LogP contribution in [-0.2, 0) is 0 Å². The van der Waals surface area contributed by atoms with Crippen LogP contribution >= 0.6 is 0 Å². The van der Waals surface area contributed by atoms with E-state index in [1.807, 2.05) is 0 Å². The van der Waals surface area contributed by atoms with E-state index in [1.165, 1.54) is 0 Å². The van der Waals surface area contributed by atoms with Crippen LogP contribution in [0.3, 0.4) is 0 Å². The molecule has 6 nitrogen and oxygen atoms in total. The summed E-state index contributed by atoms with van der Waals surface area (Å²) in [6.07, 6.45) is 1.03. The number of hydrogen-bond donors (Lipinski definition) is 3. The third-order valence-electron chi connectivity index (χ3n) is 1.35. The summed E-state index contributed by atoms with van der Waals surface area (Å²) in [7, 11) is 0. The quantitative estimate of drug-likeness (QED) is 0.273. The van der Waals surface area contributed by atoms with Crippen molar-refractivity contribution >= 4 is 6.21 Å². The van der Waals surface area contributed by atoms with E-state index >= 15 is 0 Å². The summed E-state index contributed by atoms with van der Waals surface area (Å²) < 4.78 is 0. The molecule has 0 unspecified atom stereocenters. The number of phenolic OH excluding ortho intramolecular Hbond substituents is 3. The van der Waals surface area contributed by atoms with E-state index in [-0.39, 0.29) is 5.56 Å². The van der Waals surface area contributed by atoms with Gasteiger partial charge in [0.1, 0.15) is 0 Å². The van der Waals surface area contributed by atoms with Crippen molar-refractivity contribution in [2.24, 2.45) is 10.4 Å². The Hall–Kier alpha value is -2.11. The third kappa shape index (κ3) is 1.92. The van der Waals surface area contributed by atoms with E-state index in [0.717, 1.165) is 18.3 Å². The highest BCUT2D eigenvalue weighted by Gasteiger charge is 2.06. The second-order valence-electron chi connectivity index (χ2n) is 2.23. The molecule has 0 amide bonds. The molecule has 68 valence electrons. The molecule has 0 atom stereocenters. The van der Waals surface area contributed by atoms with Crippen LogP contribution in [0.2, 0.25) is 0 Å². The molecule has 1 rings (SSSR count). The molecule has 0 aliphatic carbocycles. The van der Waals surface area contributed by atoms with Gasteiger partial charge in [-0.3, -0.25) is 0 Å². The fourth-order valence-corrected chi connectivity index (χ4v) is 0.790. The molecule has 1 aromatic rings. The van der Waals surface area contributed by atoms with Crippen molar-refractivity contribution in [2.75, 3.05) is 0 Å². The second kappa shape index (κ2) is 3.53. The number of phenols is 3. The van der Waals surface area contributed by atoms with Crippen LogP contribution in [0.1, 0.15) is 5.56 Å².